The van der Waals surface area contributed by atoms with Gasteiger partial charge in [-0.1, -0.05) is 34.1 Å². The minimum absolute atomic E-state index is 0.0158. The topological polar surface area (TPSA) is 872 Å². The molecule has 39 N–H and O–H groups in total. The SMILES string of the molecule is CC[C@H](C)[C@H](NC(=O)C1CCCN1C(=O)[C@@H](N)CCCNC(=N)N)C(=O)N[C@@H](CCCNC(=N)N)C(=O)N1CCC[C@H]1C(=O)N[C@@H](CCCNC(=N)N)C(=O)N1CCC[C@H]1C(=O)N1CCC[C@H]1C(=O)N[C@@H](CCCNC(=N)N)C(=O)N[C@@H](CC(C)C)C(=O)N1CCC[C@H]1C(=O)N[C@@H](CCCNC(=N)N)C(=O)N1CCC[C@H]1C(=O)N[C@@H](CCCNC(=N)N)C(=O)N1CCC[C@H]1C(=O)N[C@@H](CCCNC(=N)N)C(=O)O. The summed E-state index contributed by atoms with van der Waals surface area (Å²) in [5, 5.41) is 105. The fourth-order valence-corrected chi connectivity index (χ4v) is 19.4. The molecule has 0 aromatic rings. The van der Waals surface area contributed by atoms with Crippen LogP contribution in [0, 0.1) is 49.7 Å². The smallest absolute Gasteiger partial charge is 0.326 e. The molecular weight excluding hydrogens is 1860 g/mol. The van der Waals surface area contributed by atoms with E-state index in [9.17, 15) is 48.3 Å². The maximum atomic E-state index is 15.3. The summed E-state index contributed by atoms with van der Waals surface area (Å²) >= 11 is 0. The number of hydrogen-bond acceptors (Lipinski definition) is 24. The molecule has 7 aliphatic heterocycles. The summed E-state index contributed by atoms with van der Waals surface area (Å²) in [6.07, 6.45) is 5.07. The monoisotopic (exact) mass is 2020 g/mol. The van der Waals surface area contributed by atoms with Gasteiger partial charge in [-0.3, -0.25) is 110 Å². The standard InChI is InChI=1S/C89H157N37O17/c1-5-50(4)66(119-73(133)64-32-13-41-120(64)75(135)51(90)20-6-34-105-83(91)92)74(134)116-56(25-11-39-110-88(101)102)78(138)122-43-15-28-60(122)70(130)115-55(24-10-38-109-87(99)100)79(139)126-47-19-33-65(126)81(141)125-46-18-31-63(125)68(128)112-52(21-7-35-106-84(93)94)67(127)118-58(48-49(2)3)80(140)124-45-17-29-61(124)71(131)114-53(22-8-36-107-85(95)96)76(136)121-42-14-27-59(121)69(129)113-54(23-9-37-108-86(97)98)77(137)123-44-16-30-62(123)72(132)117-57(82(142)143)26-12-40-111-89(103)104/h49-66H,5-48,90H2,1-4H3,(H,112,128)(H,113,129)(H,114,131)(H,115,130)(H,116,134)(H,117,132)(H,118,127)(H,119,133)(H,142,143)(H4,91,92,105)(H4,93,94,106)(H4,95,96,107)(H4,97,98,108)(H4,99,100,109)(H4,101,102,110)(H4,103,104,111)/t50-,51-,52-,53-,54-,55-,56-,57-,58-,59-,60-,61-,62-,63-,64?,65-,66-/m0/s1. The normalized spacial score (nSPS) is 20.7. The summed E-state index contributed by atoms with van der Waals surface area (Å²) in [7, 11) is 0. The number of carboxylic acids is 1. The van der Waals surface area contributed by atoms with Gasteiger partial charge in [0.2, 0.25) is 88.6 Å². The Kier molecular flexibility index (Phi) is 47.2. The van der Waals surface area contributed by atoms with E-state index in [-0.39, 0.29) is 268 Å². The van der Waals surface area contributed by atoms with Gasteiger partial charge in [0.15, 0.2) is 41.7 Å². The van der Waals surface area contributed by atoms with Gasteiger partial charge in [0.1, 0.15) is 90.6 Å². The van der Waals surface area contributed by atoms with Crippen molar-refractivity contribution in [2.24, 2.45) is 57.7 Å². The van der Waals surface area contributed by atoms with Gasteiger partial charge in [-0.05, 0) is 198 Å². The van der Waals surface area contributed by atoms with Crippen molar-refractivity contribution in [1.82, 2.24) is 114 Å². The number of guanidine groups is 7. The summed E-state index contributed by atoms with van der Waals surface area (Å²) < 4.78 is 0. The van der Waals surface area contributed by atoms with Crippen LogP contribution < -0.4 is 126 Å². The quantitative estimate of drug-likeness (QED) is 0.0153. The zero-order valence-corrected chi connectivity index (χ0v) is 82.7. The third kappa shape index (κ3) is 35.8. The van der Waals surface area contributed by atoms with E-state index in [1.165, 1.54) is 34.3 Å². The fraction of sp³-hybridized carbons (Fsp3) is 0.742. The number of nitrogens with one attached hydrogen (secondary N) is 22. The van der Waals surface area contributed by atoms with Crippen LogP contribution >= 0.6 is 0 Å². The zero-order chi connectivity index (χ0) is 105. The van der Waals surface area contributed by atoms with Crippen LogP contribution in [0.3, 0.4) is 0 Å². The van der Waals surface area contributed by atoms with E-state index < -0.39 is 197 Å². The van der Waals surface area contributed by atoms with Gasteiger partial charge in [0.05, 0.1) is 6.04 Å². The van der Waals surface area contributed by atoms with E-state index in [0.717, 1.165) is 0 Å². The Morgan fingerprint density at radius 2 is 0.524 bits per heavy atom. The predicted molar refractivity (Wildman–Crippen MR) is 527 cm³/mol. The molecule has 7 rings (SSSR count). The number of nitrogens with two attached hydrogens (primary N) is 8. The Hall–Kier alpha value is -13.6. The number of carbonyl (C=O) groups is 16. The van der Waals surface area contributed by atoms with Crippen molar-refractivity contribution in [3.8, 4) is 0 Å². The molecule has 0 radical (unpaired) electrons. The van der Waals surface area contributed by atoms with Crippen molar-refractivity contribution in [2.75, 3.05) is 91.6 Å². The second-order valence-electron chi connectivity index (χ2n) is 38.1. The van der Waals surface area contributed by atoms with E-state index in [4.69, 9.17) is 83.7 Å². The van der Waals surface area contributed by atoms with Gasteiger partial charge in [0, 0.05) is 91.6 Å². The average molecular weight is 2020 g/mol. The molecule has 54 heteroatoms. The van der Waals surface area contributed by atoms with E-state index >= 15 is 33.6 Å². The summed E-state index contributed by atoms with van der Waals surface area (Å²) in [4.78, 5) is 244. The maximum absolute atomic E-state index is 15.3. The highest BCUT2D eigenvalue weighted by Gasteiger charge is 2.50. The highest BCUT2D eigenvalue weighted by Crippen LogP contribution is 2.31. The molecule has 0 bridgehead atoms. The molecule has 1 unspecified atom stereocenters. The molecule has 7 heterocycles. The van der Waals surface area contributed by atoms with E-state index in [1.807, 2.05) is 6.92 Å². The molecule has 0 saturated carbocycles. The molecule has 143 heavy (non-hydrogen) atoms. The van der Waals surface area contributed by atoms with Gasteiger partial charge >= 0.3 is 5.97 Å². The van der Waals surface area contributed by atoms with E-state index in [2.05, 4.69) is 79.8 Å². The van der Waals surface area contributed by atoms with Crippen LogP contribution in [0.2, 0.25) is 0 Å². The van der Waals surface area contributed by atoms with Gasteiger partial charge in [-0.15, -0.1) is 0 Å². The van der Waals surface area contributed by atoms with Crippen molar-refractivity contribution in [1.29, 1.82) is 37.9 Å². The zero-order valence-electron chi connectivity index (χ0n) is 82.7. The first-order valence-corrected chi connectivity index (χ1v) is 50.0. The Labute approximate surface area is 832 Å². The summed E-state index contributed by atoms with van der Waals surface area (Å²) in [5.41, 5.74) is 45.2. The average Bonchev–Trinajstić information content (AvgIpc) is 1.68. The predicted octanol–water partition coefficient (Wildman–Crippen LogP) is -7.85. The molecule has 0 spiro atoms. The molecule has 0 aromatic carbocycles. The number of hydrogen-bond donors (Lipinski definition) is 31. The van der Waals surface area contributed by atoms with Crippen LogP contribution in [-0.4, -0.2) is 364 Å². The minimum Gasteiger partial charge on any atom is -0.480 e. The molecule has 15 amide bonds. The molecule has 7 aliphatic rings. The molecule has 0 aromatic heterocycles. The molecule has 800 valence electrons. The Bertz CT molecular complexity index is 4490. The van der Waals surface area contributed by atoms with Crippen LogP contribution in [0.25, 0.3) is 0 Å². The second-order valence-corrected chi connectivity index (χ2v) is 38.1. The van der Waals surface area contributed by atoms with E-state index in [0.29, 0.717) is 64.3 Å². The molecule has 54 nitrogen and oxygen atoms in total. The number of amides is 15. The van der Waals surface area contributed by atoms with Crippen LogP contribution in [0.5, 0.6) is 0 Å². The van der Waals surface area contributed by atoms with Crippen molar-refractivity contribution >= 4 is 136 Å². The summed E-state index contributed by atoms with van der Waals surface area (Å²) in [6.45, 7) is 8.51. The van der Waals surface area contributed by atoms with Crippen molar-refractivity contribution < 1.29 is 81.8 Å². The van der Waals surface area contributed by atoms with Crippen LogP contribution in [-0.2, 0) is 76.7 Å². The lowest BCUT2D eigenvalue weighted by atomic mass is 9.96. The van der Waals surface area contributed by atoms with Crippen molar-refractivity contribution in [3.05, 3.63) is 0 Å². The second kappa shape index (κ2) is 58.1. The first kappa shape index (κ1) is 116. The number of aliphatic carboxylic acids is 1. The number of nitrogens with zero attached hydrogens (tertiary/aromatic N) is 7. The maximum Gasteiger partial charge on any atom is 0.326 e. The van der Waals surface area contributed by atoms with Gasteiger partial charge in [-0.2, -0.15) is 0 Å². The lowest BCUT2D eigenvalue weighted by molar-refractivity contribution is -0.148. The van der Waals surface area contributed by atoms with Crippen LogP contribution in [0.15, 0.2) is 0 Å². The Morgan fingerprint density at radius 1 is 0.294 bits per heavy atom. The van der Waals surface area contributed by atoms with Gasteiger partial charge < -0.3 is 165 Å². The molecule has 17 atom stereocenters. The Morgan fingerprint density at radius 3 is 0.825 bits per heavy atom. The number of likely N-dealkylation sites (tertiary alicyclic amines) is 7. The Balaban J connectivity index is 1.05. The van der Waals surface area contributed by atoms with Crippen LogP contribution in [0.1, 0.15) is 220 Å². The molecule has 7 saturated heterocycles. The lowest BCUT2D eigenvalue weighted by Crippen LogP contribution is -2.61. The molecule has 0 aliphatic carbocycles. The largest absolute Gasteiger partial charge is 0.480 e. The van der Waals surface area contributed by atoms with Crippen LogP contribution in [0.4, 0.5) is 0 Å². The summed E-state index contributed by atoms with van der Waals surface area (Å²) in [5.74, 6) is -14.8. The number of rotatable bonds is 56. The highest BCUT2D eigenvalue weighted by molar-refractivity contribution is 6.02. The third-order valence-electron chi connectivity index (χ3n) is 26.9. The first-order valence-electron chi connectivity index (χ1n) is 50.0. The van der Waals surface area contributed by atoms with E-state index in [1.54, 1.807) is 20.8 Å². The molecular formula is C89H157N37O17. The van der Waals surface area contributed by atoms with Gasteiger partial charge in [0.25, 0.3) is 0 Å². The van der Waals surface area contributed by atoms with Crippen molar-refractivity contribution in [2.45, 2.75) is 317 Å². The lowest BCUT2D eigenvalue weighted by Gasteiger charge is -2.34. The fourth-order valence-electron chi connectivity index (χ4n) is 19.4. The van der Waals surface area contributed by atoms with Gasteiger partial charge in [-0.25, -0.2) is 4.79 Å². The summed E-state index contributed by atoms with van der Waals surface area (Å²) in [6, 6.07) is -19.7. The first-order chi connectivity index (χ1) is 67.9. The number of carbonyl (C=O) groups excluding carboxylic acids is 15. The van der Waals surface area contributed by atoms with Crippen molar-refractivity contribution in [3.63, 3.8) is 0 Å². The highest BCUT2D eigenvalue weighted by atomic mass is 16.4. The molecule has 7 fully saturated rings. The third-order valence-corrected chi connectivity index (χ3v) is 26.9. The number of carboxylic acid groups (broad SMARTS) is 1. The minimum atomic E-state index is -1.41.